The minimum Gasteiger partial charge on any atom is -0.481 e. The summed E-state index contributed by atoms with van der Waals surface area (Å²) < 4.78 is 5.93. The summed E-state index contributed by atoms with van der Waals surface area (Å²) in [7, 11) is 0. The molecule has 0 unspecified atom stereocenters. The molecule has 2 aliphatic heterocycles. The largest absolute Gasteiger partial charge is 0.481 e. The molecule has 2 rings (SSSR count). The zero-order valence-corrected chi connectivity index (χ0v) is 12.1. The van der Waals surface area contributed by atoms with E-state index in [9.17, 15) is 0 Å². The first-order valence-electron chi connectivity index (χ1n) is 6.57. The highest BCUT2D eigenvalue weighted by Crippen LogP contribution is 2.35. The summed E-state index contributed by atoms with van der Waals surface area (Å²) in [6.45, 7) is 16.4. The Labute approximate surface area is 105 Å². The molecule has 0 fully saturated rings. The number of hydrogen-bond donors (Lipinski definition) is 0. The normalized spacial score (nSPS) is 22.8. The van der Waals surface area contributed by atoms with Crippen LogP contribution in [0.4, 0.5) is 0 Å². The second kappa shape index (κ2) is 3.91. The van der Waals surface area contributed by atoms with Gasteiger partial charge in [0.1, 0.15) is 12.5 Å². The van der Waals surface area contributed by atoms with Gasteiger partial charge in [-0.3, -0.25) is 4.90 Å². The van der Waals surface area contributed by atoms with E-state index in [2.05, 4.69) is 51.3 Å². The average molecular weight is 238 g/mol. The molecule has 2 heterocycles. The lowest BCUT2D eigenvalue weighted by Gasteiger charge is -2.43. The zero-order valence-electron chi connectivity index (χ0n) is 12.1. The third-order valence-electron chi connectivity index (χ3n) is 3.70. The molecule has 3 nitrogen and oxygen atoms in total. The van der Waals surface area contributed by atoms with Crippen LogP contribution in [0.2, 0.25) is 0 Å². The molecule has 0 bridgehead atoms. The topological polar surface area (TPSA) is 15.7 Å². The number of rotatable bonds is 0. The van der Waals surface area contributed by atoms with Crippen molar-refractivity contribution in [3.8, 4) is 0 Å². The van der Waals surface area contributed by atoms with Gasteiger partial charge >= 0.3 is 0 Å². The highest BCUT2D eigenvalue weighted by molar-refractivity contribution is 5.20. The fourth-order valence-corrected chi connectivity index (χ4v) is 2.53. The van der Waals surface area contributed by atoms with Crippen molar-refractivity contribution >= 4 is 0 Å². The summed E-state index contributed by atoms with van der Waals surface area (Å²) in [4.78, 5) is 4.90. The van der Waals surface area contributed by atoms with Gasteiger partial charge in [0.05, 0.1) is 5.70 Å². The van der Waals surface area contributed by atoms with Crippen LogP contribution in [0.3, 0.4) is 0 Å². The molecule has 0 aromatic rings. The van der Waals surface area contributed by atoms with Crippen molar-refractivity contribution in [2.24, 2.45) is 0 Å². The van der Waals surface area contributed by atoms with Crippen LogP contribution in [0.1, 0.15) is 48.0 Å². The lowest BCUT2D eigenvalue weighted by atomic mass is 10.0. The first-order chi connectivity index (χ1) is 7.69. The van der Waals surface area contributed by atoms with Crippen LogP contribution in [-0.4, -0.2) is 40.7 Å². The molecule has 0 spiro atoms. The molecule has 98 valence electrons. The molecule has 0 atom stereocenters. The molecule has 0 amide bonds. The molecule has 17 heavy (non-hydrogen) atoms. The average Bonchev–Trinajstić information content (AvgIpc) is 2.57. The van der Waals surface area contributed by atoms with Gasteiger partial charge in [0, 0.05) is 30.6 Å². The second-order valence-electron chi connectivity index (χ2n) is 7.08. The van der Waals surface area contributed by atoms with E-state index in [4.69, 9.17) is 4.74 Å². The molecular weight excluding hydrogens is 212 g/mol. The van der Waals surface area contributed by atoms with Gasteiger partial charge in [0.15, 0.2) is 0 Å². The Morgan fingerprint density at radius 3 is 2.18 bits per heavy atom. The minimum atomic E-state index is 0.171. The standard InChI is InChI=1S/C14H26N2O/c1-13(2,3)15-9-11-12(17-10-15)7-8-16(11)14(4,5)6/h7-10H2,1-6H3. The van der Waals surface area contributed by atoms with Crippen LogP contribution >= 0.6 is 0 Å². The van der Waals surface area contributed by atoms with E-state index in [1.54, 1.807) is 0 Å². The molecule has 2 aliphatic rings. The van der Waals surface area contributed by atoms with E-state index in [-0.39, 0.29) is 11.1 Å². The molecular formula is C14H26N2O. The van der Waals surface area contributed by atoms with E-state index in [1.807, 2.05) is 0 Å². The van der Waals surface area contributed by atoms with Crippen LogP contribution < -0.4 is 0 Å². The fraction of sp³-hybridized carbons (Fsp3) is 0.857. The summed E-state index contributed by atoms with van der Waals surface area (Å²) in [5, 5.41) is 0. The van der Waals surface area contributed by atoms with Crippen molar-refractivity contribution in [1.82, 2.24) is 9.80 Å². The predicted molar refractivity (Wildman–Crippen MR) is 70.5 cm³/mol. The van der Waals surface area contributed by atoms with Gasteiger partial charge in [-0.25, -0.2) is 0 Å². The lowest BCUT2D eigenvalue weighted by Crippen LogP contribution is -2.49. The molecule has 0 aromatic heterocycles. The number of hydrogen-bond acceptors (Lipinski definition) is 3. The van der Waals surface area contributed by atoms with Gasteiger partial charge < -0.3 is 9.64 Å². The van der Waals surface area contributed by atoms with Crippen LogP contribution in [0.15, 0.2) is 11.5 Å². The SMILES string of the molecule is CC(C)(C)N1COC2=C(C1)N(C(C)(C)C)CC2. The maximum atomic E-state index is 5.93. The Kier molecular flexibility index (Phi) is 2.93. The second-order valence-corrected chi connectivity index (χ2v) is 7.08. The van der Waals surface area contributed by atoms with Crippen molar-refractivity contribution in [3.63, 3.8) is 0 Å². The highest BCUT2D eigenvalue weighted by atomic mass is 16.5. The third-order valence-corrected chi connectivity index (χ3v) is 3.70. The number of ether oxygens (including phenoxy) is 1. The maximum Gasteiger partial charge on any atom is 0.142 e. The van der Waals surface area contributed by atoms with Crippen molar-refractivity contribution in [3.05, 3.63) is 11.5 Å². The van der Waals surface area contributed by atoms with E-state index in [1.165, 1.54) is 11.5 Å². The van der Waals surface area contributed by atoms with Gasteiger partial charge in [0.25, 0.3) is 0 Å². The Balaban J connectivity index is 2.19. The quantitative estimate of drug-likeness (QED) is 0.645. The monoisotopic (exact) mass is 238 g/mol. The van der Waals surface area contributed by atoms with Crippen LogP contribution in [0.5, 0.6) is 0 Å². The Hall–Kier alpha value is -0.700. The van der Waals surface area contributed by atoms with Gasteiger partial charge in [-0.05, 0) is 41.5 Å². The molecule has 0 aromatic carbocycles. The lowest BCUT2D eigenvalue weighted by molar-refractivity contribution is -0.00771. The Morgan fingerprint density at radius 1 is 1.00 bits per heavy atom. The Bertz CT molecular complexity index is 333. The van der Waals surface area contributed by atoms with Gasteiger partial charge in [-0.1, -0.05) is 0 Å². The van der Waals surface area contributed by atoms with E-state index < -0.39 is 0 Å². The highest BCUT2D eigenvalue weighted by Gasteiger charge is 2.37. The Morgan fingerprint density at radius 2 is 1.65 bits per heavy atom. The smallest absolute Gasteiger partial charge is 0.142 e. The first-order valence-corrected chi connectivity index (χ1v) is 6.57. The van der Waals surface area contributed by atoms with Crippen molar-refractivity contribution in [2.45, 2.75) is 59.0 Å². The van der Waals surface area contributed by atoms with Crippen molar-refractivity contribution in [2.75, 3.05) is 19.8 Å². The van der Waals surface area contributed by atoms with E-state index in [0.29, 0.717) is 0 Å². The van der Waals surface area contributed by atoms with Gasteiger partial charge in [-0.15, -0.1) is 0 Å². The summed E-state index contributed by atoms with van der Waals surface area (Å²) >= 11 is 0. The van der Waals surface area contributed by atoms with E-state index in [0.717, 1.165) is 26.2 Å². The maximum absolute atomic E-state index is 5.93. The van der Waals surface area contributed by atoms with Crippen LogP contribution in [0, 0.1) is 0 Å². The minimum absolute atomic E-state index is 0.171. The molecule has 0 aliphatic carbocycles. The van der Waals surface area contributed by atoms with Gasteiger partial charge in [0.2, 0.25) is 0 Å². The molecule has 3 heteroatoms. The van der Waals surface area contributed by atoms with Crippen LogP contribution in [0.25, 0.3) is 0 Å². The van der Waals surface area contributed by atoms with Gasteiger partial charge in [-0.2, -0.15) is 0 Å². The number of nitrogens with zero attached hydrogens (tertiary/aromatic N) is 2. The van der Waals surface area contributed by atoms with Crippen molar-refractivity contribution < 1.29 is 4.74 Å². The molecule has 0 radical (unpaired) electrons. The summed E-state index contributed by atoms with van der Waals surface area (Å²) in [5.74, 6) is 1.22. The predicted octanol–water partition coefficient (Wildman–Crippen LogP) is 2.79. The van der Waals surface area contributed by atoms with Crippen molar-refractivity contribution in [1.29, 1.82) is 0 Å². The molecule has 0 saturated heterocycles. The summed E-state index contributed by atoms with van der Waals surface area (Å²) in [5.41, 5.74) is 1.77. The van der Waals surface area contributed by atoms with E-state index >= 15 is 0 Å². The fourth-order valence-electron chi connectivity index (χ4n) is 2.53. The zero-order chi connectivity index (χ0) is 12.8. The first kappa shape index (κ1) is 12.7. The summed E-state index contributed by atoms with van der Waals surface area (Å²) in [6, 6.07) is 0. The molecule has 0 N–H and O–H groups in total. The molecule has 0 saturated carbocycles. The summed E-state index contributed by atoms with van der Waals surface area (Å²) in [6.07, 6.45) is 1.07. The van der Waals surface area contributed by atoms with Crippen LogP contribution in [-0.2, 0) is 4.74 Å². The third kappa shape index (κ3) is 2.44.